The van der Waals surface area contributed by atoms with Crippen LogP contribution < -0.4 is 9.47 Å². The van der Waals surface area contributed by atoms with Gasteiger partial charge < -0.3 is 14.0 Å². The summed E-state index contributed by atoms with van der Waals surface area (Å²) in [6, 6.07) is 18.6. The molecule has 0 unspecified atom stereocenters. The van der Waals surface area contributed by atoms with Crippen LogP contribution >= 0.6 is 11.6 Å². The van der Waals surface area contributed by atoms with Crippen LogP contribution in [-0.4, -0.2) is 16.2 Å². The molecule has 0 saturated carbocycles. The van der Waals surface area contributed by atoms with Gasteiger partial charge in [0.1, 0.15) is 23.9 Å². The van der Waals surface area contributed by atoms with E-state index in [-0.39, 0.29) is 0 Å². The Morgan fingerprint density at radius 3 is 2.39 bits per heavy atom. The van der Waals surface area contributed by atoms with Crippen molar-refractivity contribution in [3.05, 3.63) is 87.7 Å². The van der Waals surface area contributed by atoms with Gasteiger partial charge in [-0.2, -0.15) is 0 Å². The smallest absolute Gasteiger partial charge is 0.147 e. The summed E-state index contributed by atoms with van der Waals surface area (Å²) in [6.07, 6.45) is 1.94. The van der Waals surface area contributed by atoms with Gasteiger partial charge in [0.2, 0.25) is 0 Å². The Balaban J connectivity index is 1.40. The first-order valence-electron chi connectivity index (χ1n) is 11.5. The quantitative estimate of drug-likeness (QED) is 0.244. The SMILES string of the molecule is Cc1ccc(C)c(OCc2nc3ccccc3n2CCCCOc2cc(C)c(Cl)c(C)c2)c1. The lowest BCUT2D eigenvalue weighted by molar-refractivity contribution is 0.283. The zero-order valence-electron chi connectivity index (χ0n) is 19.8. The number of aromatic nitrogens is 2. The number of hydrogen-bond donors (Lipinski definition) is 0. The first-order valence-corrected chi connectivity index (χ1v) is 11.8. The van der Waals surface area contributed by atoms with E-state index in [2.05, 4.69) is 54.8 Å². The Bertz CT molecular complexity index is 1240. The first-order chi connectivity index (χ1) is 15.9. The van der Waals surface area contributed by atoms with Crippen LogP contribution in [0.25, 0.3) is 11.0 Å². The van der Waals surface area contributed by atoms with Crippen molar-refractivity contribution in [3.8, 4) is 11.5 Å². The number of aryl methyl sites for hydroxylation is 5. The van der Waals surface area contributed by atoms with Crippen molar-refractivity contribution in [1.29, 1.82) is 0 Å². The minimum absolute atomic E-state index is 0.443. The molecule has 4 nitrogen and oxygen atoms in total. The summed E-state index contributed by atoms with van der Waals surface area (Å²) in [6.45, 7) is 10.1. The molecule has 0 atom stereocenters. The van der Waals surface area contributed by atoms with Gasteiger partial charge in [-0.1, -0.05) is 35.9 Å². The van der Waals surface area contributed by atoms with Crippen LogP contribution in [0.3, 0.4) is 0 Å². The Morgan fingerprint density at radius 1 is 0.848 bits per heavy atom. The summed E-state index contributed by atoms with van der Waals surface area (Å²) in [5, 5.41) is 0.810. The normalized spacial score (nSPS) is 11.2. The predicted octanol–water partition coefficient (Wildman–Crippen LogP) is 7.36. The third-order valence-electron chi connectivity index (χ3n) is 5.89. The zero-order valence-corrected chi connectivity index (χ0v) is 20.6. The summed E-state index contributed by atoms with van der Waals surface area (Å²) >= 11 is 6.26. The van der Waals surface area contributed by atoms with Crippen LogP contribution in [0.2, 0.25) is 5.02 Å². The van der Waals surface area contributed by atoms with Crippen molar-refractivity contribution in [2.24, 2.45) is 0 Å². The van der Waals surface area contributed by atoms with E-state index in [1.54, 1.807) is 0 Å². The van der Waals surface area contributed by atoms with E-state index < -0.39 is 0 Å². The Kier molecular flexibility index (Phi) is 7.24. The lowest BCUT2D eigenvalue weighted by Gasteiger charge is -2.13. The van der Waals surface area contributed by atoms with Crippen molar-refractivity contribution in [2.75, 3.05) is 6.61 Å². The van der Waals surface area contributed by atoms with Gasteiger partial charge in [-0.15, -0.1) is 0 Å². The largest absolute Gasteiger partial charge is 0.494 e. The van der Waals surface area contributed by atoms with E-state index in [1.165, 1.54) is 5.56 Å². The van der Waals surface area contributed by atoms with Gasteiger partial charge in [0.05, 0.1) is 17.6 Å². The van der Waals surface area contributed by atoms with E-state index in [0.717, 1.165) is 69.5 Å². The maximum Gasteiger partial charge on any atom is 0.147 e. The van der Waals surface area contributed by atoms with Gasteiger partial charge in [-0.05, 0) is 93.1 Å². The Labute approximate surface area is 201 Å². The third-order valence-corrected chi connectivity index (χ3v) is 6.48. The van der Waals surface area contributed by atoms with Crippen molar-refractivity contribution >= 4 is 22.6 Å². The first kappa shape index (κ1) is 23.2. The number of halogens is 1. The molecule has 4 aromatic rings. The third kappa shape index (κ3) is 5.51. The lowest BCUT2D eigenvalue weighted by atomic mass is 10.1. The molecule has 0 aliphatic carbocycles. The average molecular weight is 463 g/mol. The molecular weight excluding hydrogens is 432 g/mol. The van der Waals surface area contributed by atoms with E-state index in [0.29, 0.717) is 13.2 Å². The van der Waals surface area contributed by atoms with Gasteiger partial charge in [-0.3, -0.25) is 0 Å². The molecule has 33 heavy (non-hydrogen) atoms. The highest BCUT2D eigenvalue weighted by atomic mass is 35.5. The molecule has 0 saturated heterocycles. The van der Waals surface area contributed by atoms with Gasteiger partial charge in [0.15, 0.2) is 0 Å². The zero-order chi connectivity index (χ0) is 23.4. The van der Waals surface area contributed by atoms with Gasteiger partial charge >= 0.3 is 0 Å². The molecule has 0 aliphatic heterocycles. The standard InChI is InChI=1S/C28H31ClN2O2/c1-19-11-12-20(2)26(15-19)33-18-27-30-24-9-5-6-10-25(24)31(27)13-7-8-14-32-23-16-21(3)28(29)22(4)17-23/h5-6,9-12,15-17H,7-8,13-14,18H2,1-4H3. The molecule has 0 fully saturated rings. The molecule has 0 radical (unpaired) electrons. The highest BCUT2D eigenvalue weighted by Crippen LogP contribution is 2.26. The Hall–Kier alpha value is -2.98. The molecule has 0 amide bonds. The highest BCUT2D eigenvalue weighted by molar-refractivity contribution is 6.32. The molecule has 0 spiro atoms. The minimum Gasteiger partial charge on any atom is -0.494 e. The fourth-order valence-electron chi connectivity index (χ4n) is 4.04. The average Bonchev–Trinajstić information content (AvgIpc) is 3.15. The molecule has 1 aromatic heterocycles. The van der Waals surface area contributed by atoms with Gasteiger partial charge in [0, 0.05) is 11.6 Å². The van der Waals surface area contributed by atoms with Crippen molar-refractivity contribution in [2.45, 2.75) is 53.7 Å². The summed E-state index contributed by atoms with van der Waals surface area (Å²) < 4.78 is 14.4. The predicted molar refractivity (Wildman–Crippen MR) is 136 cm³/mol. The van der Waals surface area contributed by atoms with Gasteiger partial charge in [-0.25, -0.2) is 4.98 Å². The molecule has 0 bridgehead atoms. The van der Waals surface area contributed by atoms with Crippen molar-refractivity contribution in [1.82, 2.24) is 9.55 Å². The monoisotopic (exact) mass is 462 g/mol. The van der Waals surface area contributed by atoms with Crippen LogP contribution in [-0.2, 0) is 13.2 Å². The molecule has 0 aliphatic rings. The lowest BCUT2D eigenvalue weighted by Crippen LogP contribution is -2.09. The van der Waals surface area contributed by atoms with Crippen LogP contribution in [0, 0.1) is 27.7 Å². The second-order valence-electron chi connectivity index (χ2n) is 8.65. The highest BCUT2D eigenvalue weighted by Gasteiger charge is 2.12. The number of fused-ring (bicyclic) bond motifs is 1. The molecule has 5 heteroatoms. The summed E-state index contributed by atoms with van der Waals surface area (Å²) in [7, 11) is 0. The van der Waals surface area contributed by atoms with E-state index in [4.69, 9.17) is 26.1 Å². The maximum absolute atomic E-state index is 6.26. The summed E-state index contributed by atoms with van der Waals surface area (Å²) in [5.41, 5.74) is 6.56. The molecule has 1 heterocycles. The number of imidazole rings is 1. The van der Waals surface area contributed by atoms with Crippen LogP contribution in [0.4, 0.5) is 0 Å². The maximum atomic E-state index is 6.26. The summed E-state index contributed by atoms with van der Waals surface area (Å²) in [5.74, 6) is 2.74. The summed E-state index contributed by atoms with van der Waals surface area (Å²) in [4.78, 5) is 4.85. The molecule has 4 rings (SSSR count). The van der Waals surface area contributed by atoms with Gasteiger partial charge in [0.25, 0.3) is 0 Å². The Morgan fingerprint density at radius 2 is 1.61 bits per heavy atom. The topological polar surface area (TPSA) is 36.3 Å². The van der Waals surface area contributed by atoms with E-state index in [9.17, 15) is 0 Å². The minimum atomic E-state index is 0.443. The molecule has 0 N–H and O–H groups in total. The van der Waals surface area contributed by atoms with E-state index >= 15 is 0 Å². The number of hydrogen-bond acceptors (Lipinski definition) is 3. The fourth-order valence-corrected chi connectivity index (χ4v) is 4.15. The number of unbranched alkanes of at least 4 members (excludes halogenated alkanes) is 1. The second-order valence-corrected chi connectivity index (χ2v) is 9.03. The number of ether oxygens (including phenoxy) is 2. The number of nitrogens with zero attached hydrogens (tertiary/aromatic N) is 2. The molecular formula is C28H31ClN2O2. The molecule has 172 valence electrons. The molecule has 3 aromatic carbocycles. The van der Waals surface area contributed by atoms with Crippen LogP contribution in [0.5, 0.6) is 11.5 Å². The van der Waals surface area contributed by atoms with Crippen molar-refractivity contribution < 1.29 is 9.47 Å². The van der Waals surface area contributed by atoms with Crippen LogP contribution in [0.15, 0.2) is 54.6 Å². The number of benzene rings is 3. The number of para-hydroxylation sites is 2. The van der Waals surface area contributed by atoms with Crippen molar-refractivity contribution in [3.63, 3.8) is 0 Å². The van der Waals surface area contributed by atoms with E-state index in [1.807, 2.05) is 32.0 Å². The second kappa shape index (κ2) is 10.3. The number of rotatable bonds is 9. The fraction of sp³-hybridized carbons (Fsp3) is 0.321. The van der Waals surface area contributed by atoms with Crippen LogP contribution in [0.1, 0.15) is 40.9 Å².